The fraction of sp³-hybridized carbons (Fsp3) is 0.571. The monoisotopic (exact) mass is 313 g/mol. The van der Waals surface area contributed by atoms with Crippen LogP contribution in [0.15, 0.2) is 22.7 Å². The van der Waals surface area contributed by atoms with Crippen LogP contribution in [0.5, 0.6) is 0 Å². The predicted octanol–water partition coefficient (Wildman–Crippen LogP) is 3.95. The van der Waals surface area contributed by atoms with Crippen LogP contribution >= 0.6 is 27.7 Å². The van der Waals surface area contributed by atoms with E-state index in [1.807, 2.05) is 0 Å². The Kier molecular flexibility index (Phi) is 4.95. The van der Waals surface area contributed by atoms with Crippen molar-refractivity contribution in [2.75, 3.05) is 11.5 Å². The number of benzene rings is 1. The highest BCUT2D eigenvalue weighted by Gasteiger charge is 2.18. The van der Waals surface area contributed by atoms with Crippen molar-refractivity contribution in [2.24, 2.45) is 5.73 Å². The SMILES string of the molecule is CC(N)Cc1ccc(C2CCSCC2)c(Br)c1. The maximum Gasteiger partial charge on any atom is 0.0212 e. The molecular weight excluding hydrogens is 294 g/mol. The zero-order valence-corrected chi connectivity index (χ0v) is 12.7. The van der Waals surface area contributed by atoms with Crippen LogP contribution in [0.25, 0.3) is 0 Å². The molecular formula is C14H20BrNS. The van der Waals surface area contributed by atoms with E-state index in [-0.39, 0.29) is 6.04 Å². The van der Waals surface area contributed by atoms with Crippen LogP contribution in [0.1, 0.15) is 36.8 Å². The summed E-state index contributed by atoms with van der Waals surface area (Å²) in [6.07, 6.45) is 3.59. The lowest BCUT2D eigenvalue weighted by Crippen LogP contribution is -2.17. The van der Waals surface area contributed by atoms with Gasteiger partial charge in [-0.1, -0.05) is 28.1 Å². The van der Waals surface area contributed by atoms with Gasteiger partial charge in [0.1, 0.15) is 0 Å². The van der Waals surface area contributed by atoms with E-state index in [0.29, 0.717) is 0 Å². The van der Waals surface area contributed by atoms with Crippen LogP contribution in [-0.4, -0.2) is 17.5 Å². The fourth-order valence-electron chi connectivity index (χ4n) is 2.41. The van der Waals surface area contributed by atoms with E-state index in [4.69, 9.17) is 5.73 Å². The van der Waals surface area contributed by atoms with E-state index in [1.54, 1.807) is 0 Å². The Balaban J connectivity index is 2.13. The molecule has 0 radical (unpaired) electrons. The topological polar surface area (TPSA) is 26.0 Å². The second-order valence-electron chi connectivity index (χ2n) is 4.92. The van der Waals surface area contributed by atoms with Crippen molar-refractivity contribution in [1.82, 2.24) is 0 Å². The highest BCUT2D eigenvalue weighted by Crippen LogP contribution is 2.35. The lowest BCUT2D eigenvalue weighted by atomic mass is 9.92. The molecule has 1 fully saturated rings. The first-order valence-electron chi connectivity index (χ1n) is 6.28. The Morgan fingerprint density at radius 3 is 2.71 bits per heavy atom. The highest BCUT2D eigenvalue weighted by molar-refractivity contribution is 9.10. The summed E-state index contributed by atoms with van der Waals surface area (Å²) in [5, 5.41) is 0. The van der Waals surface area contributed by atoms with Crippen LogP contribution in [0, 0.1) is 0 Å². The van der Waals surface area contributed by atoms with Crippen molar-refractivity contribution in [1.29, 1.82) is 0 Å². The second kappa shape index (κ2) is 6.26. The number of thioether (sulfide) groups is 1. The lowest BCUT2D eigenvalue weighted by molar-refractivity contribution is 0.634. The lowest BCUT2D eigenvalue weighted by Gasteiger charge is -2.23. The van der Waals surface area contributed by atoms with E-state index in [1.165, 1.54) is 39.9 Å². The quantitative estimate of drug-likeness (QED) is 0.914. The van der Waals surface area contributed by atoms with Gasteiger partial charge in [0, 0.05) is 10.5 Å². The van der Waals surface area contributed by atoms with Gasteiger partial charge in [-0.05, 0) is 60.8 Å². The van der Waals surface area contributed by atoms with Gasteiger partial charge in [0.2, 0.25) is 0 Å². The average Bonchev–Trinajstić information content (AvgIpc) is 2.29. The third kappa shape index (κ3) is 3.73. The minimum Gasteiger partial charge on any atom is -0.328 e. The van der Waals surface area contributed by atoms with Crippen molar-refractivity contribution in [3.05, 3.63) is 33.8 Å². The fourth-order valence-corrected chi connectivity index (χ4v) is 4.27. The summed E-state index contributed by atoms with van der Waals surface area (Å²) < 4.78 is 1.27. The van der Waals surface area contributed by atoms with Crippen LogP contribution in [-0.2, 0) is 6.42 Å². The van der Waals surface area contributed by atoms with Crippen LogP contribution in [0.2, 0.25) is 0 Å². The first kappa shape index (κ1) is 13.4. The van der Waals surface area contributed by atoms with Gasteiger partial charge < -0.3 is 5.73 Å². The molecule has 1 aromatic rings. The summed E-state index contributed by atoms with van der Waals surface area (Å²) in [5.74, 6) is 3.35. The molecule has 1 heterocycles. The largest absolute Gasteiger partial charge is 0.328 e. The van der Waals surface area contributed by atoms with Crippen molar-refractivity contribution in [2.45, 2.75) is 38.1 Å². The summed E-state index contributed by atoms with van der Waals surface area (Å²) in [4.78, 5) is 0. The Bertz CT molecular complexity index is 372. The maximum atomic E-state index is 5.84. The van der Waals surface area contributed by atoms with Gasteiger partial charge in [0.15, 0.2) is 0 Å². The number of halogens is 1. The normalized spacial score (nSPS) is 19.2. The summed E-state index contributed by atoms with van der Waals surface area (Å²) >= 11 is 5.80. The summed E-state index contributed by atoms with van der Waals surface area (Å²) in [6, 6.07) is 7.02. The minimum atomic E-state index is 0.235. The molecule has 0 spiro atoms. The van der Waals surface area contributed by atoms with Gasteiger partial charge >= 0.3 is 0 Å². The van der Waals surface area contributed by atoms with Gasteiger partial charge in [-0.2, -0.15) is 11.8 Å². The van der Waals surface area contributed by atoms with Crippen molar-refractivity contribution in [3.63, 3.8) is 0 Å². The molecule has 2 N–H and O–H groups in total. The standard InChI is InChI=1S/C14H20BrNS/c1-10(16)8-11-2-3-13(14(15)9-11)12-4-6-17-7-5-12/h2-3,9-10,12H,4-8,16H2,1H3. The molecule has 0 aromatic heterocycles. The van der Waals surface area contributed by atoms with E-state index in [0.717, 1.165) is 12.3 Å². The maximum absolute atomic E-state index is 5.84. The third-order valence-corrected chi connectivity index (χ3v) is 5.02. The molecule has 1 aliphatic heterocycles. The molecule has 1 saturated heterocycles. The van der Waals surface area contributed by atoms with Gasteiger partial charge in [0.05, 0.1) is 0 Å². The Morgan fingerprint density at radius 2 is 2.12 bits per heavy atom. The van der Waals surface area contributed by atoms with E-state index in [9.17, 15) is 0 Å². The van der Waals surface area contributed by atoms with Gasteiger partial charge in [-0.3, -0.25) is 0 Å². The molecule has 0 saturated carbocycles. The Labute approximate surface area is 117 Å². The molecule has 1 unspecified atom stereocenters. The van der Waals surface area contributed by atoms with Gasteiger partial charge in [0.25, 0.3) is 0 Å². The van der Waals surface area contributed by atoms with Gasteiger partial charge in [-0.15, -0.1) is 0 Å². The van der Waals surface area contributed by atoms with E-state index < -0.39 is 0 Å². The molecule has 1 nitrogen and oxygen atoms in total. The zero-order valence-electron chi connectivity index (χ0n) is 10.3. The minimum absolute atomic E-state index is 0.235. The Morgan fingerprint density at radius 1 is 1.41 bits per heavy atom. The molecule has 17 heavy (non-hydrogen) atoms. The third-order valence-electron chi connectivity index (χ3n) is 3.28. The Hall–Kier alpha value is 0.01000. The zero-order chi connectivity index (χ0) is 12.3. The van der Waals surface area contributed by atoms with E-state index in [2.05, 4.69) is 52.8 Å². The van der Waals surface area contributed by atoms with Crippen LogP contribution < -0.4 is 5.73 Å². The molecule has 1 aromatic carbocycles. The summed E-state index contributed by atoms with van der Waals surface area (Å²) in [5.41, 5.74) is 8.66. The molecule has 3 heteroatoms. The average molecular weight is 314 g/mol. The number of hydrogen-bond donors (Lipinski definition) is 1. The van der Waals surface area contributed by atoms with Crippen LogP contribution in [0.4, 0.5) is 0 Å². The number of nitrogens with two attached hydrogens (primary N) is 1. The predicted molar refractivity (Wildman–Crippen MR) is 80.8 cm³/mol. The van der Waals surface area contributed by atoms with E-state index >= 15 is 0 Å². The molecule has 2 rings (SSSR count). The molecule has 0 aliphatic carbocycles. The smallest absolute Gasteiger partial charge is 0.0212 e. The second-order valence-corrected chi connectivity index (χ2v) is 7.00. The first-order valence-corrected chi connectivity index (χ1v) is 8.23. The summed E-state index contributed by atoms with van der Waals surface area (Å²) in [7, 11) is 0. The first-order chi connectivity index (χ1) is 8.16. The highest BCUT2D eigenvalue weighted by atomic mass is 79.9. The molecule has 0 amide bonds. The molecule has 0 bridgehead atoms. The molecule has 94 valence electrons. The molecule has 1 atom stereocenters. The summed E-state index contributed by atoms with van der Waals surface area (Å²) in [6.45, 7) is 2.06. The van der Waals surface area contributed by atoms with Crippen LogP contribution in [0.3, 0.4) is 0 Å². The van der Waals surface area contributed by atoms with Crippen molar-refractivity contribution < 1.29 is 0 Å². The van der Waals surface area contributed by atoms with Crippen molar-refractivity contribution >= 4 is 27.7 Å². The number of rotatable bonds is 3. The molecule has 1 aliphatic rings. The van der Waals surface area contributed by atoms with Gasteiger partial charge in [-0.25, -0.2) is 0 Å². The van der Waals surface area contributed by atoms with Crippen molar-refractivity contribution in [3.8, 4) is 0 Å². The number of hydrogen-bond acceptors (Lipinski definition) is 2.